The van der Waals surface area contributed by atoms with Crippen molar-refractivity contribution in [1.82, 2.24) is 4.90 Å². The largest absolute Gasteiger partial charge is 0.466 e. The minimum Gasteiger partial charge on any atom is -0.466 e. The maximum Gasteiger partial charge on any atom is 0.307 e. The molecule has 0 radical (unpaired) electrons. The van der Waals surface area contributed by atoms with Crippen LogP contribution >= 0.6 is 23.2 Å². The summed E-state index contributed by atoms with van der Waals surface area (Å²) in [5, 5.41) is 0.760. The number of ether oxygens (including phenoxy) is 1. The number of hydrogen-bond acceptors (Lipinski definition) is 3. The fourth-order valence-corrected chi connectivity index (χ4v) is 1.95. The first-order valence-corrected chi connectivity index (χ1v) is 6.57. The molecule has 0 aromatic heterocycles. The third-order valence-corrected chi connectivity index (χ3v) is 3.01. The van der Waals surface area contributed by atoms with Crippen LogP contribution in [0.15, 0.2) is 18.2 Å². The molecule has 1 amide bonds. The summed E-state index contributed by atoms with van der Waals surface area (Å²) in [5.41, 5.74) is 0.359. The van der Waals surface area contributed by atoms with E-state index >= 15 is 0 Å². The molecule has 1 aromatic carbocycles. The molecule has 0 heterocycles. The molecule has 1 rings (SSSR count). The fraction of sp³-hybridized carbons (Fsp3) is 0.385. The van der Waals surface area contributed by atoms with Gasteiger partial charge in [-0.25, -0.2) is 0 Å². The van der Waals surface area contributed by atoms with Crippen molar-refractivity contribution in [2.45, 2.75) is 13.3 Å². The Bertz CT molecular complexity index is 477. The van der Waals surface area contributed by atoms with Gasteiger partial charge in [-0.05, 0) is 25.1 Å². The predicted octanol–water partition coefficient (Wildman–Crippen LogP) is 3.02. The molecule has 0 bridgehead atoms. The van der Waals surface area contributed by atoms with E-state index in [-0.39, 0.29) is 24.8 Å². The van der Waals surface area contributed by atoms with Gasteiger partial charge < -0.3 is 9.64 Å². The van der Waals surface area contributed by atoms with Crippen molar-refractivity contribution in [2.75, 3.05) is 20.2 Å². The Hall–Kier alpha value is -1.26. The molecule has 0 saturated carbocycles. The monoisotopic (exact) mass is 303 g/mol. The molecule has 6 heteroatoms. The summed E-state index contributed by atoms with van der Waals surface area (Å²) in [6.45, 7) is 2.34. The van der Waals surface area contributed by atoms with Crippen molar-refractivity contribution in [1.29, 1.82) is 0 Å². The lowest BCUT2D eigenvalue weighted by Gasteiger charge is -2.17. The number of nitrogens with zero attached hydrogens (tertiary/aromatic N) is 1. The van der Waals surface area contributed by atoms with E-state index < -0.39 is 0 Å². The first-order chi connectivity index (χ1) is 8.95. The van der Waals surface area contributed by atoms with E-state index in [2.05, 4.69) is 0 Å². The Labute approximate surface area is 122 Å². The van der Waals surface area contributed by atoms with Crippen LogP contribution in [0.25, 0.3) is 0 Å². The highest BCUT2D eigenvalue weighted by atomic mass is 35.5. The first-order valence-electron chi connectivity index (χ1n) is 5.81. The number of amides is 1. The van der Waals surface area contributed by atoms with E-state index in [1.54, 1.807) is 26.1 Å². The van der Waals surface area contributed by atoms with Crippen molar-refractivity contribution >= 4 is 35.1 Å². The van der Waals surface area contributed by atoms with E-state index in [9.17, 15) is 9.59 Å². The zero-order chi connectivity index (χ0) is 14.4. The maximum absolute atomic E-state index is 12.1. The third-order valence-electron chi connectivity index (χ3n) is 2.46. The highest BCUT2D eigenvalue weighted by molar-refractivity contribution is 6.36. The molecule has 0 unspecified atom stereocenters. The molecule has 0 aliphatic carbocycles. The Balaban J connectivity index is 2.64. The second kappa shape index (κ2) is 7.36. The molecule has 19 heavy (non-hydrogen) atoms. The van der Waals surface area contributed by atoms with Crippen molar-refractivity contribution in [3.63, 3.8) is 0 Å². The number of carbonyl (C=O) groups is 2. The third kappa shape index (κ3) is 4.73. The summed E-state index contributed by atoms with van der Waals surface area (Å²) < 4.78 is 4.80. The maximum atomic E-state index is 12.1. The Morgan fingerprint density at radius 3 is 2.58 bits per heavy atom. The Kier molecular flexibility index (Phi) is 6.12. The molecule has 0 saturated heterocycles. The van der Waals surface area contributed by atoms with Crippen LogP contribution in [0.5, 0.6) is 0 Å². The van der Waals surface area contributed by atoms with Gasteiger partial charge >= 0.3 is 5.97 Å². The van der Waals surface area contributed by atoms with Crippen molar-refractivity contribution < 1.29 is 14.3 Å². The predicted molar refractivity (Wildman–Crippen MR) is 74.7 cm³/mol. The van der Waals surface area contributed by atoms with Crippen LogP contribution in [0, 0.1) is 0 Å². The SMILES string of the molecule is CCOC(=O)CCN(C)C(=O)c1ccc(Cl)cc1Cl. The van der Waals surface area contributed by atoms with Crippen LogP contribution in [-0.4, -0.2) is 37.0 Å². The lowest BCUT2D eigenvalue weighted by atomic mass is 10.2. The van der Waals surface area contributed by atoms with Gasteiger partial charge in [0.15, 0.2) is 0 Å². The average molecular weight is 304 g/mol. The van der Waals surface area contributed by atoms with Gasteiger partial charge in [-0.2, -0.15) is 0 Å². The summed E-state index contributed by atoms with van der Waals surface area (Å²) >= 11 is 11.7. The smallest absolute Gasteiger partial charge is 0.307 e. The standard InChI is InChI=1S/C13H15Cl2NO3/c1-3-19-12(17)6-7-16(2)13(18)10-5-4-9(14)8-11(10)15/h4-5,8H,3,6-7H2,1-2H3. The van der Waals surface area contributed by atoms with Gasteiger partial charge in [0.05, 0.1) is 23.6 Å². The number of carbonyl (C=O) groups excluding carboxylic acids is 2. The summed E-state index contributed by atoms with van der Waals surface area (Å²) in [7, 11) is 1.60. The molecule has 0 spiro atoms. The molecule has 0 atom stereocenters. The molecule has 0 N–H and O–H groups in total. The number of benzene rings is 1. The van der Waals surface area contributed by atoms with Gasteiger partial charge in [0.1, 0.15) is 0 Å². The summed E-state index contributed by atoms with van der Waals surface area (Å²) in [6, 6.07) is 4.67. The fourth-order valence-electron chi connectivity index (χ4n) is 1.46. The van der Waals surface area contributed by atoms with E-state index in [0.717, 1.165) is 0 Å². The zero-order valence-electron chi connectivity index (χ0n) is 10.8. The molecular weight excluding hydrogens is 289 g/mol. The molecule has 0 fully saturated rings. The van der Waals surface area contributed by atoms with Gasteiger partial charge in [0.25, 0.3) is 5.91 Å². The lowest BCUT2D eigenvalue weighted by Crippen LogP contribution is -2.29. The van der Waals surface area contributed by atoms with E-state index in [1.165, 1.54) is 11.0 Å². The van der Waals surface area contributed by atoms with Gasteiger partial charge in [0.2, 0.25) is 0 Å². The second-order valence-corrected chi connectivity index (χ2v) is 4.75. The molecule has 1 aromatic rings. The van der Waals surface area contributed by atoms with Crippen LogP contribution in [0.4, 0.5) is 0 Å². The second-order valence-electron chi connectivity index (χ2n) is 3.91. The minimum absolute atomic E-state index is 0.154. The molecule has 0 aliphatic heterocycles. The van der Waals surface area contributed by atoms with E-state index in [1.807, 2.05) is 0 Å². The normalized spacial score (nSPS) is 10.1. The van der Waals surface area contributed by atoms with Crippen LogP contribution in [-0.2, 0) is 9.53 Å². The zero-order valence-corrected chi connectivity index (χ0v) is 12.3. The number of hydrogen-bond donors (Lipinski definition) is 0. The number of halogens is 2. The van der Waals surface area contributed by atoms with Crippen LogP contribution < -0.4 is 0 Å². The summed E-state index contributed by atoms with van der Waals surface area (Å²) in [6.07, 6.45) is 0.154. The van der Waals surface area contributed by atoms with Gasteiger partial charge in [-0.15, -0.1) is 0 Å². The first kappa shape index (κ1) is 15.8. The lowest BCUT2D eigenvalue weighted by molar-refractivity contribution is -0.143. The number of esters is 1. The quantitative estimate of drug-likeness (QED) is 0.786. The van der Waals surface area contributed by atoms with Crippen molar-refractivity contribution in [3.8, 4) is 0 Å². The Morgan fingerprint density at radius 1 is 1.32 bits per heavy atom. The minimum atomic E-state index is -0.329. The molecular formula is C13H15Cl2NO3. The highest BCUT2D eigenvalue weighted by Gasteiger charge is 2.16. The summed E-state index contributed by atoms with van der Waals surface area (Å²) in [4.78, 5) is 24.7. The van der Waals surface area contributed by atoms with Gasteiger partial charge in [-0.3, -0.25) is 9.59 Å². The average Bonchev–Trinajstić information content (AvgIpc) is 2.35. The number of rotatable bonds is 5. The Morgan fingerprint density at radius 2 is 2.00 bits per heavy atom. The summed E-state index contributed by atoms with van der Waals surface area (Å²) in [5.74, 6) is -0.588. The van der Waals surface area contributed by atoms with E-state index in [4.69, 9.17) is 27.9 Å². The van der Waals surface area contributed by atoms with Gasteiger partial charge in [-0.1, -0.05) is 23.2 Å². The highest BCUT2D eigenvalue weighted by Crippen LogP contribution is 2.22. The molecule has 104 valence electrons. The van der Waals surface area contributed by atoms with Crippen molar-refractivity contribution in [2.24, 2.45) is 0 Å². The molecule has 4 nitrogen and oxygen atoms in total. The van der Waals surface area contributed by atoms with E-state index in [0.29, 0.717) is 22.2 Å². The topological polar surface area (TPSA) is 46.6 Å². The van der Waals surface area contributed by atoms with Crippen LogP contribution in [0.3, 0.4) is 0 Å². The van der Waals surface area contributed by atoms with Crippen molar-refractivity contribution in [3.05, 3.63) is 33.8 Å². The van der Waals surface area contributed by atoms with Gasteiger partial charge in [0, 0.05) is 18.6 Å². The molecule has 0 aliphatic rings. The van der Waals surface area contributed by atoms with Crippen LogP contribution in [0.1, 0.15) is 23.7 Å². The van der Waals surface area contributed by atoms with Crippen LogP contribution in [0.2, 0.25) is 10.0 Å².